The van der Waals surface area contributed by atoms with Crippen molar-refractivity contribution in [1.82, 2.24) is 4.90 Å². The van der Waals surface area contributed by atoms with Crippen molar-refractivity contribution in [2.24, 2.45) is 0 Å². The standard InChI is InChI=1S/C17H26FNO/c1-4-19(5-2)17(10-6-7-11-17)16(20)15-9-8-14(18)12-13(15)3/h8-9,12,16,20H,4-7,10-11H2,1-3H3. The summed E-state index contributed by atoms with van der Waals surface area (Å²) in [6.45, 7) is 8.05. The fourth-order valence-electron chi connectivity index (χ4n) is 3.84. The molecule has 112 valence electrons. The van der Waals surface area contributed by atoms with E-state index >= 15 is 0 Å². The van der Waals surface area contributed by atoms with Gasteiger partial charge in [-0.25, -0.2) is 4.39 Å². The van der Waals surface area contributed by atoms with Crippen LogP contribution in [0.1, 0.15) is 56.8 Å². The first-order valence-corrected chi connectivity index (χ1v) is 7.74. The van der Waals surface area contributed by atoms with E-state index in [1.54, 1.807) is 6.07 Å². The second-order valence-corrected chi connectivity index (χ2v) is 5.89. The SMILES string of the molecule is CCN(CC)C1(C(O)c2ccc(F)cc2C)CCCC1. The molecule has 1 atom stereocenters. The Morgan fingerprint density at radius 3 is 2.35 bits per heavy atom. The van der Waals surface area contributed by atoms with Crippen molar-refractivity contribution in [3.8, 4) is 0 Å². The van der Waals surface area contributed by atoms with E-state index in [-0.39, 0.29) is 11.4 Å². The maximum Gasteiger partial charge on any atom is 0.123 e. The first-order chi connectivity index (χ1) is 9.55. The average Bonchev–Trinajstić information content (AvgIpc) is 2.90. The zero-order chi connectivity index (χ0) is 14.8. The minimum atomic E-state index is -0.537. The number of benzene rings is 1. The molecule has 0 aliphatic heterocycles. The predicted molar refractivity (Wildman–Crippen MR) is 80.2 cm³/mol. The zero-order valence-corrected chi connectivity index (χ0v) is 12.8. The molecule has 1 aromatic rings. The molecule has 1 aliphatic rings. The van der Waals surface area contributed by atoms with Gasteiger partial charge in [-0.15, -0.1) is 0 Å². The maximum atomic E-state index is 13.3. The van der Waals surface area contributed by atoms with Crippen LogP contribution < -0.4 is 0 Å². The van der Waals surface area contributed by atoms with Crippen molar-refractivity contribution in [2.45, 2.75) is 58.1 Å². The van der Waals surface area contributed by atoms with Crippen molar-refractivity contribution in [3.05, 3.63) is 35.1 Å². The Bertz CT molecular complexity index is 450. The van der Waals surface area contributed by atoms with Crippen LogP contribution in [0.3, 0.4) is 0 Å². The van der Waals surface area contributed by atoms with E-state index in [0.717, 1.165) is 49.9 Å². The molecule has 1 aliphatic carbocycles. The van der Waals surface area contributed by atoms with Crippen LogP contribution in [-0.2, 0) is 0 Å². The number of aryl methyl sites for hydroxylation is 1. The van der Waals surface area contributed by atoms with Gasteiger partial charge in [0.1, 0.15) is 5.82 Å². The van der Waals surface area contributed by atoms with Crippen LogP contribution in [0.2, 0.25) is 0 Å². The number of halogens is 1. The molecule has 2 rings (SSSR count). The van der Waals surface area contributed by atoms with E-state index in [0.29, 0.717) is 0 Å². The number of aliphatic hydroxyl groups excluding tert-OH is 1. The predicted octanol–water partition coefficient (Wildman–Crippen LogP) is 3.82. The van der Waals surface area contributed by atoms with Crippen LogP contribution in [-0.4, -0.2) is 28.6 Å². The lowest BCUT2D eigenvalue weighted by Gasteiger charge is -2.44. The highest BCUT2D eigenvalue weighted by molar-refractivity contribution is 5.31. The lowest BCUT2D eigenvalue weighted by atomic mass is 9.82. The third-order valence-electron chi connectivity index (χ3n) is 4.90. The van der Waals surface area contributed by atoms with Gasteiger partial charge in [0.15, 0.2) is 0 Å². The number of aliphatic hydroxyl groups is 1. The monoisotopic (exact) mass is 279 g/mol. The summed E-state index contributed by atoms with van der Waals surface area (Å²) in [7, 11) is 0. The van der Waals surface area contributed by atoms with Crippen LogP contribution in [0.5, 0.6) is 0 Å². The molecule has 1 aromatic carbocycles. The Morgan fingerprint density at radius 2 is 1.85 bits per heavy atom. The quantitative estimate of drug-likeness (QED) is 0.885. The molecule has 1 saturated carbocycles. The van der Waals surface area contributed by atoms with Gasteiger partial charge in [0, 0.05) is 0 Å². The summed E-state index contributed by atoms with van der Waals surface area (Å²) in [5.41, 5.74) is 1.54. The summed E-state index contributed by atoms with van der Waals surface area (Å²) >= 11 is 0. The fourth-order valence-corrected chi connectivity index (χ4v) is 3.84. The molecule has 1 fully saturated rings. The van der Waals surface area contributed by atoms with E-state index in [1.807, 2.05) is 6.92 Å². The summed E-state index contributed by atoms with van der Waals surface area (Å²) in [4.78, 5) is 2.38. The minimum Gasteiger partial charge on any atom is -0.386 e. The van der Waals surface area contributed by atoms with Crippen molar-refractivity contribution in [1.29, 1.82) is 0 Å². The van der Waals surface area contributed by atoms with E-state index in [9.17, 15) is 9.50 Å². The minimum absolute atomic E-state index is 0.175. The molecule has 2 nitrogen and oxygen atoms in total. The van der Waals surface area contributed by atoms with E-state index in [4.69, 9.17) is 0 Å². The number of hydrogen-bond donors (Lipinski definition) is 1. The summed E-state index contributed by atoms with van der Waals surface area (Å²) in [5.74, 6) is -0.234. The third kappa shape index (κ3) is 2.61. The normalized spacial score (nSPS) is 19.5. The Kier molecular flexibility index (Phi) is 4.82. The van der Waals surface area contributed by atoms with E-state index in [2.05, 4.69) is 18.7 Å². The van der Waals surface area contributed by atoms with Gasteiger partial charge in [0.05, 0.1) is 11.6 Å². The first kappa shape index (κ1) is 15.5. The Morgan fingerprint density at radius 1 is 1.25 bits per heavy atom. The van der Waals surface area contributed by atoms with Crippen LogP contribution in [0, 0.1) is 12.7 Å². The van der Waals surface area contributed by atoms with Crippen molar-refractivity contribution in [3.63, 3.8) is 0 Å². The number of rotatable bonds is 5. The summed E-state index contributed by atoms with van der Waals surface area (Å²) in [6, 6.07) is 4.72. The Labute approximate surface area is 121 Å². The fraction of sp³-hybridized carbons (Fsp3) is 0.647. The van der Waals surface area contributed by atoms with Crippen molar-refractivity contribution < 1.29 is 9.50 Å². The molecule has 0 heterocycles. The molecular formula is C17H26FNO. The summed E-state index contributed by atoms with van der Waals surface area (Å²) < 4.78 is 13.3. The van der Waals surface area contributed by atoms with Crippen LogP contribution in [0.25, 0.3) is 0 Å². The second kappa shape index (κ2) is 6.23. The number of likely N-dealkylation sites (N-methyl/N-ethyl adjacent to an activating group) is 1. The van der Waals surface area contributed by atoms with Gasteiger partial charge in [-0.05, 0) is 56.1 Å². The average molecular weight is 279 g/mol. The third-order valence-corrected chi connectivity index (χ3v) is 4.90. The topological polar surface area (TPSA) is 23.5 Å². The highest BCUT2D eigenvalue weighted by atomic mass is 19.1. The first-order valence-electron chi connectivity index (χ1n) is 7.74. The molecule has 0 radical (unpaired) electrons. The van der Waals surface area contributed by atoms with Crippen LogP contribution >= 0.6 is 0 Å². The van der Waals surface area contributed by atoms with Gasteiger partial charge in [-0.1, -0.05) is 32.8 Å². The van der Waals surface area contributed by atoms with E-state index < -0.39 is 6.10 Å². The van der Waals surface area contributed by atoms with Gasteiger partial charge in [0.2, 0.25) is 0 Å². The molecule has 3 heteroatoms. The molecule has 0 saturated heterocycles. The number of nitrogens with zero attached hydrogens (tertiary/aromatic N) is 1. The Hall–Kier alpha value is -0.930. The van der Waals surface area contributed by atoms with Gasteiger partial charge in [-0.2, -0.15) is 0 Å². The van der Waals surface area contributed by atoms with Crippen LogP contribution in [0.15, 0.2) is 18.2 Å². The zero-order valence-electron chi connectivity index (χ0n) is 12.8. The molecule has 0 spiro atoms. The molecule has 20 heavy (non-hydrogen) atoms. The van der Waals surface area contributed by atoms with Gasteiger partial charge in [0.25, 0.3) is 0 Å². The largest absolute Gasteiger partial charge is 0.386 e. The lowest BCUT2D eigenvalue weighted by molar-refractivity contribution is -0.0272. The molecular weight excluding hydrogens is 253 g/mol. The van der Waals surface area contributed by atoms with Crippen LogP contribution in [0.4, 0.5) is 4.39 Å². The molecule has 0 aromatic heterocycles. The van der Waals surface area contributed by atoms with Gasteiger partial charge in [-0.3, -0.25) is 4.90 Å². The van der Waals surface area contributed by atoms with Crippen molar-refractivity contribution in [2.75, 3.05) is 13.1 Å². The molecule has 0 bridgehead atoms. The molecule has 1 unspecified atom stereocenters. The van der Waals surface area contributed by atoms with Gasteiger partial charge < -0.3 is 5.11 Å². The molecule has 0 amide bonds. The summed E-state index contributed by atoms with van der Waals surface area (Å²) in [5, 5.41) is 11.0. The second-order valence-electron chi connectivity index (χ2n) is 5.89. The highest BCUT2D eigenvalue weighted by Crippen LogP contribution is 2.45. The maximum absolute atomic E-state index is 13.3. The smallest absolute Gasteiger partial charge is 0.123 e. The van der Waals surface area contributed by atoms with Gasteiger partial charge >= 0.3 is 0 Å². The summed E-state index contributed by atoms with van der Waals surface area (Å²) in [6.07, 6.45) is 3.83. The number of hydrogen-bond acceptors (Lipinski definition) is 2. The molecule has 1 N–H and O–H groups in total. The lowest BCUT2D eigenvalue weighted by Crippen LogP contribution is -2.51. The van der Waals surface area contributed by atoms with Crippen molar-refractivity contribution >= 4 is 0 Å². The highest BCUT2D eigenvalue weighted by Gasteiger charge is 2.45. The Balaban J connectivity index is 2.38. The van der Waals surface area contributed by atoms with E-state index in [1.165, 1.54) is 12.1 Å².